The normalized spacial score (nSPS) is 14.7. The number of anilines is 3. The third kappa shape index (κ3) is 9.44. The molecule has 1 nitrogen and oxygen atoms in total. The van der Waals surface area contributed by atoms with Crippen molar-refractivity contribution in [2.45, 2.75) is 105 Å². The lowest BCUT2D eigenvalue weighted by Gasteiger charge is -2.30. The summed E-state index contributed by atoms with van der Waals surface area (Å²) in [5.74, 6) is 1.42. The lowest BCUT2D eigenvalue weighted by atomic mass is 9.77. The van der Waals surface area contributed by atoms with E-state index in [1.54, 1.807) is 0 Å². The molecule has 0 bridgehead atoms. The van der Waals surface area contributed by atoms with Crippen molar-refractivity contribution in [2.75, 3.05) is 4.90 Å². The topological polar surface area (TPSA) is 3.24 Å². The molecule has 0 fully saturated rings. The fourth-order valence-corrected chi connectivity index (χ4v) is 12.3. The first-order valence-corrected chi connectivity index (χ1v) is 27.5. The largest absolute Gasteiger partial charge is 0.310 e. The van der Waals surface area contributed by atoms with Crippen LogP contribution in [-0.2, 0) is 18.3 Å². The summed E-state index contributed by atoms with van der Waals surface area (Å²) < 4.78 is 0. The molecule has 0 amide bonds. The second-order valence-electron chi connectivity index (χ2n) is 22.4. The van der Waals surface area contributed by atoms with Crippen LogP contribution in [0, 0.1) is 20.8 Å². The summed E-state index contributed by atoms with van der Waals surface area (Å²) in [6, 6.07) is 79.4. The van der Waals surface area contributed by atoms with Crippen molar-refractivity contribution in [1.29, 1.82) is 0 Å². The minimum atomic E-state index is -0.185. The number of hydrogen-bond donors (Lipinski definition) is 0. The van der Waals surface area contributed by atoms with Gasteiger partial charge in [0.05, 0.1) is 5.69 Å². The van der Waals surface area contributed by atoms with Gasteiger partial charge in [0.1, 0.15) is 0 Å². The zero-order valence-corrected chi connectivity index (χ0v) is 45.5. The van der Waals surface area contributed by atoms with Crippen molar-refractivity contribution < 1.29 is 0 Å². The Morgan fingerprint density at radius 2 is 1.12 bits per heavy atom. The zero-order valence-electron chi connectivity index (χ0n) is 45.5. The van der Waals surface area contributed by atoms with E-state index in [1.807, 2.05) is 6.07 Å². The van der Waals surface area contributed by atoms with Crippen LogP contribution in [0.2, 0.25) is 0 Å². The maximum atomic E-state index is 2.54. The molecular formula is C74H71N. The summed E-state index contributed by atoms with van der Waals surface area (Å²) in [5, 5.41) is 2.58. The molecule has 3 unspecified atom stereocenters. The van der Waals surface area contributed by atoms with Crippen molar-refractivity contribution in [3.8, 4) is 44.5 Å². The van der Waals surface area contributed by atoms with Crippen molar-refractivity contribution in [3.63, 3.8) is 0 Å². The molecule has 0 saturated carbocycles. The smallest absolute Gasteiger partial charge is 0.0543 e. The lowest BCUT2D eigenvalue weighted by Crippen LogP contribution is -2.17. The highest BCUT2D eigenvalue weighted by molar-refractivity contribution is 6.10. The zero-order chi connectivity index (χ0) is 52.0. The second kappa shape index (κ2) is 20.5. The summed E-state index contributed by atoms with van der Waals surface area (Å²) in [6.45, 7) is 20.9. The van der Waals surface area contributed by atoms with Gasteiger partial charge < -0.3 is 4.90 Å². The van der Waals surface area contributed by atoms with Crippen LogP contribution in [0.3, 0.4) is 0 Å². The minimum absolute atomic E-state index is 0.185. The second-order valence-corrected chi connectivity index (χ2v) is 22.4. The van der Waals surface area contributed by atoms with Gasteiger partial charge in [-0.25, -0.2) is 0 Å². The van der Waals surface area contributed by atoms with Gasteiger partial charge in [0.15, 0.2) is 0 Å². The summed E-state index contributed by atoms with van der Waals surface area (Å²) in [5.41, 5.74) is 28.1. The van der Waals surface area contributed by atoms with E-state index in [9.17, 15) is 0 Å². The number of rotatable bonds is 10. The third-order valence-electron chi connectivity index (χ3n) is 16.8. The van der Waals surface area contributed by atoms with Gasteiger partial charge in [-0.2, -0.15) is 0 Å². The van der Waals surface area contributed by atoms with Crippen molar-refractivity contribution in [2.24, 2.45) is 0 Å². The van der Waals surface area contributed by atoms with Crippen molar-refractivity contribution in [1.82, 2.24) is 0 Å². The molecular weight excluding hydrogens is 903 g/mol. The van der Waals surface area contributed by atoms with E-state index in [0.717, 1.165) is 19.3 Å². The Bertz CT molecular complexity index is 3690. The Morgan fingerprint density at radius 3 is 1.85 bits per heavy atom. The van der Waals surface area contributed by atoms with Gasteiger partial charge in [0.2, 0.25) is 0 Å². The Hall–Kier alpha value is -7.74. The number of nitrogens with zero attached hydrogens (tertiary/aromatic N) is 1. The highest BCUT2D eigenvalue weighted by atomic mass is 15.1. The number of fused-ring (bicyclic) bond motifs is 8. The fraction of sp³-hybridized carbons (Fsp3) is 0.216. The molecule has 2 aliphatic carbocycles. The molecule has 0 spiro atoms. The van der Waals surface area contributed by atoms with E-state index in [4.69, 9.17) is 0 Å². The number of aryl methyl sites for hydroxylation is 3. The van der Waals surface area contributed by atoms with Crippen molar-refractivity contribution >= 4 is 27.8 Å². The van der Waals surface area contributed by atoms with Crippen molar-refractivity contribution in [3.05, 3.63) is 268 Å². The predicted molar refractivity (Wildman–Crippen MR) is 323 cm³/mol. The maximum Gasteiger partial charge on any atom is 0.0543 e. The van der Waals surface area contributed by atoms with Crippen LogP contribution in [-0.4, -0.2) is 0 Å². The SMILES string of the molecule is CCC(C)c1ccccc1-c1ccc(N(c2ccc(C)cc2)c2cc3c(c4ccccc24)-c2ccc(CC(C)c4ccc5c(c4)C(C)Cc4ccccc4-5)cc2C3(C)C)cc1C.Cc1ccc(-c2ccccc2)cc1. The molecule has 75 heavy (non-hydrogen) atoms. The summed E-state index contributed by atoms with van der Waals surface area (Å²) >= 11 is 0. The predicted octanol–water partition coefficient (Wildman–Crippen LogP) is 20.7. The lowest BCUT2D eigenvalue weighted by molar-refractivity contribution is 0.657. The van der Waals surface area contributed by atoms with Crippen LogP contribution in [0.4, 0.5) is 17.1 Å². The Morgan fingerprint density at radius 1 is 0.507 bits per heavy atom. The summed E-state index contributed by atoms with van der Waals surface area (Å²) in [6.07, 6.45) is 3.24. The average Bonchev–Trinajstić information content (AvgIpc) is 3.67. The molecule has 0 aliphatic heterocycles. The molecule has 0 aromatic heterocycles. The summed E-state index contributed by atoms with van der Waals surface area (Å²) in [7, 11) is 0. The van der Waals surface area contributed by atoms with Gasteiger partial charge in [-0.05, 0) is 183 Å². The molecule has 0 radical (unpaired) electrons. The first-order chi connectivity index (χ1) is 36.4. The minimum Gasteiger partial charge on any atom is -0.310 e. The molecule has 2 aliphatic rings. The first-order valence-electron chi connectivity index (χ1n) is 27.5. The van der Waals surface area contributed by atoms with Crippen LogP contribution in [0.15, 0.2) is 212 Å². The van der Waals surface area contributed by atoms with Gasteiger partial charge in [0, 0.05) is 22.2 Å². The molecule has 1 heteroatoms. The summed E-state index contributed by atoms with van der Waals surface area (Å²) in [4.78, 5) is 2.50. The first kappa shape index (κ1) is 49.5. The van der Waals surface area contributed by atoms with Gasteiger partial charge >= 0.3 is 0 Å². The van der Waals surface area contributed by atoms with E-state index in [2.05, 4.69) is 273 Å². The van der Waals surface area contributed by atoms with E-state index in [-0.39, 0.29) is 5.41 Å². The molecule has 12 rings (SSSR count). The van der Waals surface area contributed by atoms with E-state index in [0.29, 0.717) is 17.8 Å². The highest BCUT2D eigenvalue weighted by Crippen LogP contribution is 2.55. The van der Waals surface area contributed by atoms with Gasteiger partial charge in [-0.15, -0.1) is 0 Å². The van der Waals surface area contributed by atoms with E-state index in [1.165, 1.54) is 128 Å². The van der Waals surface area contributed by atoms with Crippen LogP contribution in [0.1, 0.15) is 121 Å². The maximum absolute atomic E-state index is 2.54. The average molecular weight is 974 g/mol. The van der Waals surface area contributed by atoms with Crippen LogP contribution < -0.4 is 4.90 Å². The molecule has 0 N–H and O–H groups in total. The molecule has 0 heterocycles. The number of hydrogen-bond acceptors (Lipinski definition) is 1. The number of benzene rings is 10. The third-order valence-corrected chi connectivity index (χ3v) is 16.8. The molecule has 10 aromatic rings. The Kier molecular flexibility index (Phi) is 13.5. The Labute approximate surface area is 447 Å². The van der Waals surface area contributed by atoms with Gasteiger partial charge in [-0.3, -0.25) is 0 Å². The van der Waals surface area contributed by atoms with Crippen LogP contribution >= 0.6 is 0 Å². The molecule has 10 aromatic carbocycles. The van der Waals surface area contributed by atoms with Crippen LogP contribution in [0.25, 0.3) is 55.3 Å². The van der Waals surface area contributed by atoms with Gasteiger partial charge in [0.25, 0.3) is 0 Å². The quantitative estimate of drug-likeness (QED) is 0.132. The Balaban J connectivity index is 0.000000403. The molecule has 0 saturated heterocycles. The monoisotopic (exact) mass is 974 g/mol. The molecule has 372 valence electrons. The van der Waals surface area contributed by atoms with E-state index >= 15 is 0 Å². The molecule has 3 atom stereocenters. The van der Waals surface area contributed by atoms with Crippen LogP contribution in [0.5, 0.6) is 0 Å². The highest BCUT2D eigenvalue weighted by Gasteiger charge is 2.38. The fourth-order valence-electron chi connectivity index (χ4n) is 12.3. The van der Waals surface area contributed by atoms with Gasteiger partial charge in [-0.1, -0.05) is 235 Å². The van der Waals surface area contributed by atoms with E-state index < -0.39 is 0 Å². The standard InChI is InChI=1S/C61H59N.C13H12/c1-9-39(3)48-17-12-13-19-51(48)49-31-28-47(34-42(49)6)62(46-26-22-38(2)23-27-46)59-37-58-60(54-21-15-14-20-53(54)59)55-29-24-43(35-57(55)61(58,7)8)32-40(4)44-25-30-52-50-18-11-10-16-45(50)33-41(5)56(52)36-44;1-11-7-9-13(10-8-11)12-5-3-2-4-6-12/h10-31,34-37,39-41H,9,32-33H2,1-8H3;2-10H,1H3.